The van der Waals surface area contributed by atoms with Crippen LogP contribution in [0.15, 0.2) is 24.3 Å². The summed E-state index contributed by atoms with van der Waals surface area (Å²) in [7, 11) is 0. The number of ether oxygens (including phenoxy) is 1. The average molecular weight is 373 g/mol. The van der Waals surface area contributed by atoms with Gasteiger partial charge >= 0.3 is 0 Å². The molecule has 0 bridgehead atoms. The lowest BCUT2D eigenvalue weighted by molar-refractivity contribution is -0.131. The molecule has 5 nitrogen and oxygen atoms in total. The number of nitrogens with one attached hydrogen (secondary N) is 1. The molecular formula is C22H32N2O3. The molecule has 1 aromatic carbocycles. The van der Waals surface area contributed by atoms with Crippen LogP contribution >= 0.6 is 0 Å². The van der Waals surface area contributed by atoms with Crippen LogP contribution in [0.2, 0.25) is 0 Å². The molecule has 3 rings (SSSR count). The van der Waals surface area contributed by atoms with Gasteiger partial charge in [-0.1, -0.05) is 19.1 Å². The molecule has 1 aliphatic heterocycles. The molecule has 148 valence electrons. The van der Waals surface area contributed by atoms with Crippen LogP contribution in [-0.2, 0) is 9.59 Å². The topological polar surface area (TPSA) is 58.6 Å². The van der Waals surface area contributed by atoms with Crippen LogP contribution in [-0.4, -0.2) is 35.9 Å². The Bertz CT molecular complexity index is 667. The monoisotopic (exact) mass is 372 g/mol. The van der Waals surface area contributed by atoms with E-state index in [0.717, 1.165) is 30.1 Å². The first kappa shape index (κ1) is 19.7. The number of carbonyl (C=O) groups excluding carboxylic acids is 2. The highest BCUT2D eigenvalue weighted by Gasteiger charge is 2.38. The first-order valence-corrected chi connectivity index (χ1v) is 10.3. The van der Waals surface area contributed by atoms with Crippen LogP contribution in [0.4, 0.5) is 0 Å². The highest BCUT2D eigenvalue weighted by Crippen LogP contribution is 2.31. The summed E-state index contributed by atoms with van der Waals surface area (Å²) in [6.45, 7) is 7.38. The van der Waals surface area contributed by atoms with Crippen molar-refractivity contribution in [3.63, 3.8) is 0 Å². The number of likely N-dealkylation sites (tertiary alicyclic amines) is 1. The lowest BCUT2D eigenvalue weighted by Crippen LogP contribution is -2.40. The van der Waals surface area contributed by atoms with Crippen molar-refractivity contribution < 1.29 is 14.3 Å². The largest absolute Gasteiger partial charge is 0.494 e. The molecule has 1 N–H and O–H groups in total. The normalized spacial score (nSPS) is 26.7. The molecule has 2 aliphatic rings. The van der Waals surface area contributed by atoms with Gasteiger partial charge in [0.1, 0.15) is 5.75 Å². The lowest BCUT2D eigenvalue weighted by atomic mass is 9.87. The Hall–Kier alpha value is -2.04. The van der Waals surface area contributed by atoms with Crippen LogP contribution in [0, 0.1) is 11.8 Å². The summed E-state index contributed by atoms with van der Waals surface area (Å²) >= 11 is 0. The van der Waals surface area contributed by atoms with Gasteiger partial charge in [-0.15, -0.1) is 0 Å². The van der Waals surface area contributed by atoms with E-state index >= 15 is 0 Å². The van der Waals surface area contributed by atoms with Crippen molar-refractivity contribution in [3.8, 4) is 5.75 Å². The van der Waals surface area contributed by atoms with E-state index in [1.54, 1.807) is 0 Å². The van der Waals surface area contributed by atoms with Crippen molar-refractivity contribution in [2.45, 2.75) is 65.0 Å². The Balaban J connectivity index is 1.56. The van der Waals surface area contributed by atoms with Gasteiger partial charge in [-0.2, -0.15) is 0 Å². The number of nitrogens with zero attached hydrogens (tertiary/aromatic N) is 1. The maximum Gasteiger partial charge on any atom is 0.225 e. The van der Waals surface area contributed by atoms with E-state index in [1.807, 2.05) is 43.0 Å². The summed E-state index contributed by atoms with van der Waals surface area (Å²) in [6.07, 6.45) is 4.84. The van der Waals surface area contributed by atoms with Crippen LogP contribution in [0.5, 0.6) is 5.75 Å². The Labute approximate surface area is 162 Å². The van der Waals surface area contributed by atoms with Crippen LogP contribution in [0.1, 0.15) is 64.5 Å². The molecular weight excluding hydrogens is 340 g/mol. The van der Waals surface area contributed by atoms with Gasteiger partial charge in [0, 0.05) is 19.0 Å². The van der Waals surface area contributed by atoms with Crippen molar-refractivity contribution >= 4 is 11.8 Å². The molecule has 5 heteroatoms. The van der Waals surface area contributed by atoms with Gasteiger partial charge in [-0.05, 0) is 63.1 Å². The summed E-state index contributed by atoms with van der Waals surface area (Å²) in [5.41, 5.74) is 1.01. The van der Waals surface area contributed by atoms with Gasteiger partial charge in [0.2, 0.25) is 11.8 Å². The number of amides is 2. The van der Waals surface area contributed by atoms with Gasteiger partial charge < -0.3 is 15.0 Å². The minimum absolute atomic E-state index is 0.0238. The summed E-state index contributed by atoms with van der Waals surface area (Å²) in [5.74, 6) is 1.44. The zero-order valence-corrected chi connectivity index (χ0v) is 16.7. The van der Waals surface area contributed by atoms with Crippen LogP contribution in [0.25, 0.3) is 0 Å². The molecule has 0 spiro atoms. The molecule has 0 radical (unpaired) electrons. The molecule has 2 amide bonds. The van der Waals surface area contributed by atoms with Crippen molar-refractivity contribution in [1.29, 1.82) is 0 Å². The number of benzene rings is 1. The van der Waals surface area contributed by atoms with E-state index in [0.29, 0.717) is 25.6 Å². The minimum Gasteiger partial charge on any atom is -0.494 e. The SMILES string of the molecule is CCOc1cccc(C(C)NC(=O)C2CC(=O)N(C3CCC(C)CC3)C2)c1. The third-order valence-corrected chi connectivity index (χ3v) is 5.98. The quantitative estimate of drug-likeness (QED) is 0.828. The number of rotatable bonds is 6. The van der Waals surface area contributed by atoms with Gasteiger partial charge in [-0.25, -0.2) is 0 Å². The molecule has 1 heterocycles. The minimum atomic E-state index is -0.241. The number of hydrogen-bond donors (Lipinski definition) is 1. The molecule has 27 heavy (non-hydrogen) atoms. The molecule has 2 fully saturated rings. The van der Waals surface area contributed by atoms with E-state index in [9.17, 15) is 9.59 Å². The third-order valence-electron chi connectivity index (χ3n) is 5.98. The van der Waals surface area contributed by atoms with Crippen molar-refractivity contribution in [3.05, 3.63) is 29.8 Å². The number of carbonyl (C=O) groups is 2. The van der Waals surface area contributed by atoms with Gasteiger partial charge in [0.05, 0.1) is 18.6 Å². The standard InChI is InChI=1S/C22H32N2O3/c1-4-27-20-7-5-6-17(12-20)16(3)23-22(26)18-13-21(25)24(14-18)19-10-8-15(2)9-11-19/h5-7,12,15-16,18-19H,4,8-11,13-14H2,1-3H3,(H,23,26). The lowest BCUT2D eigenvalue weighted by Gasteiger charge is -2.33. The third kappa shape index (κ3) is 4.82. The Morgan fingerprint density at radius 3 is 2.74 bits per heavy atom. The zero-order chi connectivity index (χ0) is 19.4. The van der Waals surface area contributed by atoms with Crippen LogP contribution in [0.3, 0.4) is 0 Å². The summed E-state index contributed by atoms with van der Waals surface area (Å²) in [4.78, 5) is 27.2. The molecule has 1 saturated carbocycles. The highest BCUT2D eigenvalue weighted by atomic mass is 16.5. The highest BCUT2D eigenvalue weighted by molar-refractivity contribution is 5.89. The first-order chi connectivity index (χ1) is 13.0. The molecule has 0 aromatic heterocycles. The second-order valence-electron chi connectivity index (χ2n) is 8.10. The molecule has 2 unspecified atom stereocenters. The summed E-state index contributed by atoms with van der Waals surface area (Å²) in [5, 5.41) is 3.09. The molecule has 2 atom stereocenters. The Morgan fingerprint density at radius 2 is 2.04 bits per heavy atom. The maximum atomic E-state index is 12.7. The van der Waals surface area contributed by atoms with Crippen molar-refractivity contribution in [2.75, 3.05) is 13.2 Å². The second-order valence-corrected chi connectivity index (χ2v) is 8.10. The smallest absolute Gasteiger partial charge is 0.225 e. The predicted molar refractivity (Wildman–Crippen MR) is 105 cm³/mol. The average Bonchev–Trinajstić information content (AvgIpc) is 3.05. The maximum absolute atomic E-state index is 12.7. The number of hydrogen-bond acceptors (Lipinski definition) is 3. The first-order valence-electron chi connectivity index (χ1n) is 10.3. The Kier molecular flexibility index (Phi) is 6.40. The van der Waals surface area contributed by atoms with Gasteiger partial charge in [0.25, 0.3) is 0 Å². The van der Waals surface area contributed by atoms with Crippen molar-refractivity contribution in [2.24, 2.45) is 11.8 Å². The summed E-state index contributed by atoms with van der Waals surface area (Å²) in [6, 6.07) is 8.02. The van der Waals surface area contributed by atoms with Gasteiger partial charge in [-0.3, -0.25) is 9.59 Å². The molecule has 1 saturated heterocycles. The molecule has 1 aromatic rings. The van der Waals surface area contributed by atoms with E-state index < -0.39 is 0 Å². The molecule has 1 aliphatic carbocycles. The van der Waals surface area contributed by atoms with E-state index in [1.165, 1.54) is 12.8 Å². The Morgan fingerprint density at radius 1 is 1.30 bits per heavy atom. The van der Waals surface area contributed by atoms with E-state index in [-0.39, 0.29) is 23.8 Å². The second kappa shape index (κ2) is 8.77. The van der Waals surface area contributed by atoms with Crippen molar-refractivity contribution in [1.82, 2.24) is 10.2 Å². The zero-order valence-electron chi connectivity index (χ0n) is 16.7. The predicted octanol–water partition coefficient (Wildman–Crippen LogP) is 3.69. The fourth-order valence-electron chi connectivity index (χ4n) is 4.27. The van der Waals surface area contributed by atoms with E-state index in [2.05, 4.69) is 12.2 Å². The van der Waals surface area contributed by atoms with Crippen LogP contribution < -0.4 is 10.1 Å². The van der Waals surface area contributed by atoms with E-state index in [4.69, 9.17) is 4.74 Å². The fourth-order valence-corrected chi connectivity index (χ4v) is 4.27. The van der Waals surface area contributed by atoms with Gasteiger partial charge in [0.15, 0.2) is 0 Å². The summed E-state index contributed by atoms with van der Waals surface area (Å²) < 4.78 is 5.54. The fraction of sp³-hybridized carbons (Fsp3) is 0.636.